The number of fused-ring (bicyclic) bond motifs is 2. The van der Waals surface area contributed by atoms with Crippen LogP contribution in [0.2, 0.25) is 0 Å². The number of rotatable bonds is 10. The normalized spacial score (nSPS) is 17.9. The molecule has 14 nitrogen and oxygen atoms in total. The lowest BCUT2D eigenvalue weighted by Gasteiger charge is -2.32. The number of cyclic esters (lactones) is 2. The van der Waals surface area contributed by atoms with Crippen LogP contribution in [0.4, 0.5) is 31.2 Å². The summed E-state index contributed by atoms with van der Waals surface area (Å²) < 4.78 is 22.6. The number of carbonyl (C=O) groups excluding carboxylic acids is 2. The Balaban J connectivity index is 0.000000155. The van der Waals surface area contributed by atoms with Crippen molar-refractivity contribution in [2.75, 3.05) is 59.0 Å². The Morgan fingerprint density at radius 3 is 1.52 bits per heavy atom. The van der Waals surface area contributed by atoms with Gasteiger partial charge in [-0.2, -0.15) is 0 Å². The third-order valence-electron chi connectivity index (χ3n) is 14.2. The molecule has 0 unspecified atom stereocenters. The number of thiazole rings is 2. The van der Waals surface area contributed by atoms with Crippen LogP contribution >= 0.6 is 22.7 Å². The first kappa shape index (κ1) is 46.7. The Bertz CT molecular complexity index is 3040. The molecule has 3 fully saturated rings. The molecule has 12 rings (SSSR count). The highest BCUT2D eigenvalue weighted by Gasteiger charge is 2.51. The van der Waals surface area contributed by atoms with E-state index < -0.39 is 0 Å². The fourth-order valence-corrected chi connectivity index (χ4v) is 11.4. The Kier molecular flexibility index (Phi) is 12.8. The molecule has 0 radical (unpaired) electrons. The number of ether oxygens (including phenoxy) is 2. The summed E-state index contributed by atoms with van der Waals surface area (Å²) in [5, 5.41) is 2.08. The van der Waals surface area contributed by atoms with Crippen molar-refractivity contribution < 1.29 is 28.4 Å². The fraction of sp³-hybridized carbons (Fsp3) is 0.333. The van der Waals surface area contributed by atoms with Gasteiger partial charge in [-0.05, 0) is 110 Å². The zero-order valence-corrected chi connectivity index (χ0v) is 42.0. The average molecular weight is 987 g/mol. The van der Waals surface area contributed by atoms with E-state index in [0.717, 1.165) is 90.4 Å². The first-order chi connectivity index (χ1) is 34.4. The molecule has 0 bridgehead atoms. The number of hydrogen-bond acceptors (Lipinski definition) is 14. The summed E-state index contributed by atoms with van der Waals surface area (Å²) in [7, 11) is -0.340. The zero-order valence-electron chi connectivity index (χ0n) is 40.4. The predicted octanol–water partition coefficient (Wildman–Crippen LogP) is 9.26. The predicted molar refractivity (Wildman–Crippen MR) is 279 cm³/mol. The maximum absolute atomic E-state index is 12.0. The van der Waals surface area contributed by atoms with Gasteiger partial charge in [-0.25, -0.2) is 29.5 Å². The monoisotopic (exact) mass is 986 g/mol. The van der Waals surface area contributed by atoms with Crippen LogP contribution in [0.3, 0.4) is 0 Å². The molecule has 0 atom stereocenters. The molecule has 3 saturated heterocycles. The Labute approximate surface area is 422 Å². The highest BCUT2D eigenvalue weighted by atomic mass is 32.1. The van der Waals surface area contributed by atoms with Crippen molar-refractivity contribution in [3.63, 3.8) is 0 Å². The van der Waals surface area contributed by atoms with Crippen molar-refractivity contribution in [2.24, 2.45) is 0 Å². The first-order valence-corrected chi connectivity index (χ1v) is 25.9. The highest BCUT2D eigenvalue weighted by Crippen LogP contribution is 2.37. The van der Waals surface area contributed by atoms with E-state index in [-0.39, 0.29) is 30.5 Å². The van der Waals surface area contributed by atoms with Crippen LogP contribution in [0.25, 0.3) is 11.4 Å². The standard InChI is InChI=1S/C28H32BN3O4S.C26H23N5O2S/c1-27(2)28(3,4)36-29(35-27)22-8-5-19(6-9-22)15-24-17-30-25(37-24)31-12-11-20-7-10-23(16-21(20)18-31)32-13-14-34-26(32)33;32-26-31(12-13-33-26)22-7-6-19-8-11-30(17-21(19)15-22)25-29-16-23(34-25)14-18-2-4-20(5-3-18)24-27-9-1-10-28-24/h5-10,16-17H,11-15,18H2,1-4H3;1-7,9-10,15-16H,8,11-14,17H2. The maximum atomic E-state index is 12.0. The van der Waals surface area contributed by atoms with Crippen LogP contribution in [0, 0.1) is 0 Å². The van der Waals surface area contributed by atoms with Gasteiger partial charge in [-0.1, -0.05) is 60.7 Å². The third-order valence-corrected chi connectivity index (χ3v) is 16.3. The van der Waals surface area contributed by atoms with Crippen molar-refractivity contribution in [3.05, 3.63) is 159 Å². The number of aromatic nitrogens is 4. The number of carbonyl (C=O) groups is 2. The molecular formula is C54H55BN8O6S2. The van der Waals surface area contributed by atoms with Gasteiger partial charge < -0.3 is 28.6 Å². The second kappa shape index (κ2) is 19.5. The molecule has 8 heterocycles. The smallest absolute Gasteiger partial charge is 0.447 e. The van der Waals surface area contributed by atoms with Gasteiger partial charge in [0.2, 0.25) is 0 Å². The summed E-state index contributed by atoms with van der Waals surface area (Å²) >= 11 is 3.49. The van der Waals surface area contributed by atoms with Crippen LogP contribution < -0.4 is 25.1 Å². The minimum absolute atomic E-state index is 0.262. The number of anilines is 4. The van der Waals surface area contributed by atoms with Gasteiger partial charge in [0, 0.05) is 90.5 Å². The molecule has 5 aliphatic rings. The Morgan fingerprint density at radius 1 is 0.577 bits per heavy atom. The van der Waals surface area contributed by atoms with Gasteiger partial charge in [0.05, 0.1) is 24.3 Å². The van der Waals surface area contributed by atoms with Crippen LogP contribution in [0.5, 0.6) is 0 Å². The molecule has 0 spiro atoms. The molecule has 0 N–H and O–H groups in total. The van der Waals surface area contributed by atoms with Gasteiger partial charge in [0.25, 0.3) is 0 Å². The van der Waals surface area contributed by atoms with E-state index in [4.69, 9.17) is 28.8 Å². The molecule has 71 heavy (non-hydrogen) atoms. The molecule has 0 aliphatic carbocycles. The van der Waals surface area contributed by atoms with Crippen LogP contribution in [0.1, 0.15) is 70.8 Å². The van der Waals surface area contributed by atoms with Gasteiger partial charge in [-0.15, -0.1) is 22.7 Å². The maximum Gasteiger partial charge on any atom is 0.494 e. The van der Waals surface area contributed by atoms with Crippen molar-refractivity contribution in [1.82, 2.24) is 19.9 Å². The Hall–Kier alpha value is -6.66. The lowest BCUT2D eigenvalue weighted by molar-refractivity contribution is 0.00578. The van der Waals surface area contributed by atoms with E-state index in [1.54, 1.807) is 44.9 Å². The molecule has 5 aliphatic heterocycles. The minimum atomic E-state index is -0.341. The van der Waals surface area contributed by atoms with E-state index in [1.165, 1.54) is 43.1 Å². The van der Waals surface area contributed by atoms with Gasteiger partial charge in [0.15, 0.2) is 16.1 Å². The second-order valence-corrected chi connectivity index (χ2v) is 21.6. The van der Waals surface area contributed by atoms with E-state index in [9.17, 15) is 9.59 Å². The molecule has 4 aromatic carbocycles. The molecule has 362 valence electrons. The largest absolute Gasteiger partial charge is 0.494 e. The van der Waals surface area contributed by atoms with Crippen LogP contribution in [0.15, 0.2) is 116 Å². The van der Waals surface area contributed by atoms with E-state index >= 15 is 0 Å². The Morgan fingerprint density at radius 2 is 1.06 bits per heavy atom. The number of benzene rings is 4. The van der Waals surface area contributed by atoms with Gasteiger partial charge in [-0.3, -0.25) is 9.80 Å². The summed E-state index contributed by atoms with van der Waals surface area (Å²) in [5.41, 5.74) is 10.8. The van der Waals surface area contributed by atoms with Crippen LogP contribution in [-0.2, 0) is 57.6 Å². The molecule has 2 amide bonds. The quantitative estimate of drug-likeness (QED) is 0.121. The number of amides is 2. The van der Waals surface area contributed by atoms with Crippen molar-refractivity contribution in [1.29, 1.82) is 0 Å². The molecular weight excluding hydrogens is 932 g/mol. The summed E-state index contributed by atoms with van der Waals surface area (Å²) in [6.07, 6.45) is 10.6. The number of nitrogens with zero attached hydrogens (tertiary/aromatic N) is 8. The fourth-order valence-electron chi connectivity index (χ4n) is 9.45. The zero-order chi connectivity index (χ0) is 48.7. The first-order valence-electron chi connectivity index (χ1n) is 24.2. The van der Waals surface area contributed by atoms with E-state index in [1.807, 2.05) is 30.6 Å². The second-order valence-electron chi connectivity index (χ2n) is 19.5. The van der Waals surface area contributed by atoms with E-state index in [2.05, 4.69) is 120 Å². The molecule has 0 saturated carbocycles. The van der Waals surface area contributed by atoms with Crippen LogP contribution in [-0.4, -0.2) is 89.8 Å². The summed E-state index contributed by atoms with van der Waals surface area (Å²) in [6, 6.07) is 31.3. The minimum Gasteiger partial charge on any atom is -0.447 e. The SMILES string of the molecule is CC1(C)OB(c2ccc(Cc3cnc(N4CCc5ccc(N6CCOC6=O)cc5C4)s3)cc2)OC1(C)C.O=C1OCCN1c1ccc2c(c1)CN(c1ncc(Cc3ccc(-c4ncccn4)cc3)s1)CC2. The molecule has 3 aromatic heterocycles. The molecule has 7 aromatic rings. The van der Waals surface area contributed by atoms with Crippen molar-refractivity contribution in [2.45, 2.75) is 77.7 Å². The van der Waals surface area contributed by atoms with Crippen molar-refractivity contribution in [3.8, 4) is 11.4 Å². The van der Waals surface area contributed by atoms with Crippen molar-refractivity contribution >= 4 is 69.1 Å². The third kappa shape index (κ3) is 10.0. The lowest BCUT2D eigenvalue weighted by Crippen LogP contribution is -2.41. The summed E-state index contributed by atoms with van der Waals surface area (Å²) in [6.45, 7) is 13.9. The van der Waals surface area contributed by atoms with Gasteiger partial charge in [0.1, 0.15) is 13.2 Å². The molecule has 17 heteroatoms. The number of hydrogen-bond donors (Lipinski definition) is 0. The summed E-state index contributed by atoms with van der Waals surface area (Å²) in [5.74, 6) is 0.740. The lowest BCUT2D eigenvalue weighted by atomic mass is 9.79. The topological polar surface area (TPSA) is 136 Å². The van der Waals surface area contributed by atoms with E-state index in [0.29, 0.717) is 26.3 Å². The van der Waals surface area contributed by atoms with Gasteiger partial charge >= 0.3 is 19.3 Å². The summed E-state index contributed by atoms with van der Waals surface area (Å²) in [4.78, 5) is 52.6. The average Bonchev–Trinajstić information content (AvgIpc) is 4.25. The highest BCUT2D eigenvalue weighted by molar-refractivity contribution is 7.15.